The standard InChI is InChI=1S/C12H18N8O2/c1-7(17-19(21)11(13)14)9-4-3-5-10(6-9)8(2)18-20(22)12(15)16/h3-6,21-22H,1-2H3,(H3,13,14)(H3,15,16)/b17-7+,18-8+. The fourth-order valence-corrected chi connectivity index (χ4v) is 1.48. The van der Waals surface area contributed by atoms with Crippen LogP contribution in [0.3, 0.4) is 0 Å². The molecule has 0 saturated carbocycles. The molecule has 10 heteroatoms. The van der Waals surface area contributed by atoms with Crippen molar-refractivity contribution in [3.05, 3.63) is 35.4 Å². The quantitative estimate of drug-likeness (QED) is 0.265. The third-order valence-electron chi connectivity index (χ3n) is 2.62. The number of guanidine groups is 2. The van der Waals surface area contributed by atoms with Crippen LogP contribution < -0.4 is 11.5 Å². The molecule has 22 heavy (non-hydrogen) atoms. The van der Waals surface area contributed by atoms with Crippen LogP contribution in [0.2, 0.25) is 0 Å². The van der Waals surface area contributed by atoms with Crippen molar-refractivity contribution in [1.82, 2.24) is 10.3 Å². The average Bonchev–Trinajstić information content (AvgIpc) is 2.46. The van der Waals surface area contributed by atoms with Gasteiger partial charge in [-0.2, -0.15) is 0 Å². The van der Waals surface area contributed by atoms with E-state index in [9.17, 15) is 10.4 Å². The van der Waals surface area contributed by atoms with Gasteiger partial charge in [0.1, 0.15) is 0 Å². The summed E-state index contributed by atoms with van der Waals surface area (Å²) in [5.74, 6) is -1.21. The van der Waals surface area contributed by atoms with Crippen molar-refractivity contribution >= 4 is 23.3 Å². The Bertz CT molecular complexity index is 589. The molecular weight excluding hydrogens is 288 g/mol. The van der Waals surface area contributed by atoms with Gasteiger partial charge in [-0.25, -0.2) is 0 Å². The van der Waals surface area contributed by atoms with E-state index < -0.39 is 11.9 Å². The van der Waals surface area contributed by atoms with Crippen LogP contribution in [0.4, 0.5) is 0 Å². The highest BCUT2D eigenvalue weighted by Gasteiger charge is 2.07. The van der Waals surface area contributed by atoms with Crippen molar-refractivity contribution in [2.24, 2.45) is 21.7 Å². The Kier molecular flexibility index (Phi) is 5.55. The number of nitrogens with zero attached hydrogens (tertiary/aromatic N) is 4. The summed E-state index contributed by atoms with van der Waals surface area (Å²) in [7, 11) is 0. The molecule has 0 fully saturated rings. The maximum atomic E-state index is 9.31. The predicted octanol–water partition coefficient (Wildman–Crippen LogP) is 0.304. The van der Waals surface area contributed by atoms with Crippen LogP contribution in [0, 0.1) is 10.8 Å². The predicted molar refractivity (Wildman–Crippen MR) is 81.9 cm³/mol. The van der Waals surface area contributed by atoms with E-state index in [1.807, 2.05) is 0 Å². The number of benzene rings is 1. The molecule has 1 aromatic carbocycles. The molecule has 0 aromatic heterocycles. The van der Waals surface area contributed by atoms with E-state index in [0.717, 1.165) is 0 Å². The Morgan fingerprint density at radius 3 is 1.64 bits per heavy atom. The summed E-state index contributed by atoms with van der Waals surface area (Å²) in [4.78, 5) is 0. The van der Waals surface area contributed by atoms with Crippen LogP contribution in [0.1, 0.15) is 25.0 Å². The molecule has 0 heterocycles. The SMILES string of the molecule is C/C(=N\N(O)C(=N)N)c1cccc(/C(C)=N/N(O)C(=N)N)c1. The number of hydrazone groups is 2. The van der Waals surface area contributed by atoms with Gasteiger partial charge in [0.2, 0.25) is 11.9 Å². The lowest BCUT2D eigenvalue weighted by Gasteiger charge is -2.11. The van der Waals surface area contributed by atoms with Gasteiger partial charge in [0, 0.05) is 0 Å². The molecular formula is C12H18N8O2. The van der Waals surface area contributed by atoms with Gasteiger partial charge < -0.3 is 11.5 Å². The molecule has 8 N–H and O–H groups in total. The highest BCUT2D eigenvalue weighted by atomic mass is 16.5. The lowest BCUT2D eigenvalue weighted by Crippen LogP contribution is -2.30. The number of nitrogens with two attached hydrogens (primary N) is 2. The summed E-state index contributed by atoms with van der Waals surface area (Å²) in [5, 5.41) is 40.7. The molecule has 0 bridgehead atoms. The lowest BCUT2D eigenvalue weighted by atomic mass is 10.1. The summed E-state index contributed by atoms with van der Waals surface area (Å²) in [6, 6.07) is 6.92. The van der Waals surface area contributed by atoms with E-state index in [2.05, 4.69) is 10.2 Å². The fraction of sp³-hybridized carbons (Fsp3) is 0.167. The van der Waals surface area contributed by atoms with Crippen molar-refractivity contribution in [1.29, 1.82) is 10.8 Å². The van der Waals surface area contributed by atoms with Crippen molar-refractivity contribution in [2.75, 3.05) is 0 Å². The largest absolute Gasteiger partial charge is 0.367 e. The molecule has 0 saturated heterocycles. The fourth-order valence-electron chi connectivity index (χ4n) is 1.48. The molecule has 0 radical (unpaired) electrons. The van der Waals surface area contributed by atoms with Gasteiger partial charge in [-0.3, -0.25) is 21.2 Å². The molecule has 0 unspecified atom stereocenters. The van der Waals surface area contributed by atoms with E-state index in [1.54, 1.807) is 38.1 Å². The number of rotatable bonds is 4. The minimum absolute atomic E-state index is 0.258. The third-order valence-corrected chi connectivity index (χ3v) is 2.62. The molecule has 0 aliphatic heterocycles. The average molecular weight is 306 g/mol. The number of hydroxylamine groups is 2. The Balaban J connectivity index is 3.09. The van der Waals surface area contributed by atoms with Gasteiger partial charge >= 0.3 is 0 Å². The Morgan fingerprint density at radius 2 is 1.32 bits per heavy atom. The van der Waals surface area contributed by atoms with E-state index >= 15 is 0 Å². The topological polar surface area (TPSA) is 171 Å². The Labute approximate surface area is 126 Å². The van der Waals surface area contributed by atoms with Crippen molar-refractivity contribution in [2.45, 2.75) is 13.8 Å². The first-order valence-corrected chi connectivity index (χ1v) is 6.09. The zero-order valence-electron chi connectivity index (χ0n) is 12.1. The van der Waals surface area contributed by atoms with Gasteiger partial charge in [-0.15, -0.1) is 20.5 Å². The second kappa shape index (κ2) is 7.15. The molecule has 0 aliphatic rings. The van der Waals surface area contributed by atoms with Crippen molar-refractivity contribution in [3.63, 3.8) is 0 Å². The molecule has 0 amide bonds. The van der Waals surface area contributed by atoms with Crippen LogP contribution in [0.15, 0.2) is 34.5 Å². The molecule has 0 spiro atoms. The summed E-state index contributed by atoms with van der Waals surface area (Å²) in [6.45, 7) is 3.26. The number of hydrogen-bond acceptors (Lipinski definition) is 6. The van der Waals surface area contributed by atoms with Crippen LogP contribution in [0.5, 0.6) is 0 Å². The summed E-state index contributed by atoms with van der Waals surface area (Å²) in [6.07, 6.45) is 0. The van der Waals surface area contributed by atoms with Crippen LogP contribution >= 0.6 is 0 Å². The maximum absolute atomic E-state index is 9.31. The first kappa shape index (κ1) is 17.1. The second-order valence-electron chi connectivity index (χ2n) is 4.30. The highest BCUT2D eigenvalue weighted by molar-refractivity contribution is 6.04. The van der Waals surface area contributed by atoms with Crippen LogP contribution in [-0.2, 0) is 0 Å². The summed E-state index contributed by atoms with van der Waals surface area (Å²) < 4.78 is 0. The van der Waals surface area contributed by atoms with E-state index in [0.29, 0.717) is 22.6 Å². The van der Waals surface area contributed by atoms with Crippen molar-refractivity contribution < 1.29 is 10.4 Å². The van der Waals surface area contributed by atoms with Gasteiger partial charge in [0.25, 0.3) is 0 Å². The van der Waals surface area contributed by atoms with Crippen LogP contribution in [-0.4, -0.2) is 44.1 Å². The van der Waals surface area contributed by atoms with Crippen LogP contribution in [0.25, 0.3) is 0 Å². The first-order valence-electron chi connectivity index (χ1n) is 6.09. The Hall–Kier alpha value is -2.98. The van der Waals surface area contributed by atoms with Gasteiger partial charge in [0.05, 0.1) is 11.4 Å². The number of hydrogen-bond donors (Lipinski definition) is 6. The monoisotopic (exact) mass is 306 g/mol. The lowest BCUT2D eigenvalue weighted by molar-refractivity contribution is -0.0147. The van der Waals surface area contributed by atoms with E-state index in [1.165, 1.54) is 0 Å². The van der Waals surface area contributed by atoms with E-state index in [4.69, 9.17) is 22.3 Å². The Morgan fingerprint density at radius 1 is 0.955 bits per heavy atom. The minimum atomic E-state index is -0.606. The maximum Gasteiger partial charge on any atom is 0.236 e. The molecule has 1 aromatic rings. The smallest absolute Gasteiger partial charge is 0.236 e. The molecule has 10 nitrogen and oxygen atoms in total. The molecule has 118 valence electrons. The van der Waals surface area contributed by atoms with E-state index in [-0.39, 0.29) is 10.3 Å². The highest BCUT2D eigenvalue weighted by Crippen LogP contribution is 2.09. The zero-order valence-corrected chi connectivity index (χ0v) is 12.1. The van der Waals surface area contributed by atoms with Gasteiger partial charge in [-0.05, 0) is 31.0 Å². The number of nitrogens with one attached hydrogen (secondary N) is 2. The summed E-state index contributed by atoms with van der Waals surface area (Å²) in [5.41, 5.74) is 12.3. The van der Waals surface area contributed by atoms with Crippen molar-refractivity contribution in [3.8, 4) is 0 Å². The summed E-state index contributed by atoms with van der Waals surface area (Å²) >= 11 is 0. The van der Waals surface area contributed by atoms with Gasteiger partial charge in [-0.1, -0.05) is 18.2 Å². The molecule has 1 rings (SSSR count). The zero-order chi connectivity index (χ0) is 16.9. The second-order valence-corrected chi connectivity index (χ2v) is 4.30. The molecule has 0 atom stereocenters. The minimum Gasteiger partial charge on any atom is -0.367 e. The third kappa shape index (κ3) is 4.54. The normalized spacial score (nSPS) is 12.0. The first-order chi connectivity index (χ1) is 10.2. The molecule has 0 aliphatic carbocycles. The van der Waals surface area contributed by atoms with Gasteiger partial charge in [0.15, 0.2) is 0 Å².